The molecule has 1 aliphatic carbocycles. The molecule has 0 aromatic rings. The third-order valence-electron chi connectivity index (χ3n) is 5.42. The van der Waals surface area contributed by atoms with Crippen LogP contribution < -0.4 is 5.32 Å². The van der Waals surface area contributed by atoms with Gasteiger partial charge in [0.25, 0.3) is 0 Å². The lowest BCUT2D eigenvalue weighted by atomic mass is 9.77. The minimum absolute atomic E-state index is 0.754. The summed E-state index contributed by atoms with van der Waals surface area (Å²) in [5.41, 5.74) is 0. The summed E-state index contributed by atoms with van der Waals surface area (Å²) in [5.74, 6) is 1.80. The molecule has 2 aliphatic rings. The molecular weight excluding hydrogens is 232 g/mol. The molecule has 1 aliphatic heterocycles. The highest BCUT2D eigenvalue weighted by atomic mass is 15.2. The van der Waals surface area contributed by atoms with Gasteiger partial charge in [0.1, 0.15) is 0 Å². The maximum Gasteiger partial charge on any atom is 0.0126 e. The van der Waals surface area contributed by atoms with E-state index in [1.807, 2.05) is 0 Å². The van der Waals surface area contributed by atoms with Gasteiger partial charge in [0.2, 0.25) is 0 Å². The van der Waals surface area contributed by atoms with Crippen LogP contribution in [0.4, 0.5) is 0 Å². The second kappa shape index (κ2) is 7.64. The van der Waals surface area contributed by atoms with Crippen LogP contribution in [0.3, 0.4) is 0 Å². The molecule has 3 unspecified atom stereocenters. The number of rotatable bonds is 3. The van der Waals surface area contributed by atoms with Crippen molar-refractivity contribution < 1.29 is 0 Å². The van der Waals surface area contributed by atoms with Gasteiger partial charge in [-0.2, -0.15) is 0 Å². The standard InChI is InChI=1S/C17H34N2/c1-4-15-10-13-19(12-7-11-18-15)17-9-6-5-8-16(17)14(2)3/h14-18H,4-13H2,1-3H3. The van der Waals surface area contributed by atoms with Crippen molar-refractivity contribution in [1.29, 1.82) is 0 Å². The maximum atomic E-state index is 3.70. The molecule has 19 heavy (non-hydrogen) atoms. The highest BCUT2D eigenvalue weighted by Gasteiger charge is 2.32. The van der Waals surface area contributed by atoms with Gasteiger partial charge in [-0.15, -0.1) is 0 Å². The molecule has 2 fully saturated rings. The summed E-state index contributed by atoms with van der Waals surface area (Å²) < 4.78 is 0. The van der Waals surface area contributed by atoms with E-state index in [4.69, 9.17) is 0 Å². The molecule has 0 bridgehead atoms. The Morgan fingerprint density at radius 1 is 1.05 bits per heavy atom. The highest BCUT2D eigenvalue weighted by Crippen LogP contribution is 2.34. The Hall–Kier alpha value is -0.0800. The smallest absolute Gasteiger partial charge is 0.0126 e. The molecule has 2 nitrogen and oxygen atoms in total. The molecule has 0 spiro atoms. The molecule has 2 rings (SSSR count). The Balaban J connectivity index is 1.96. The molecule has 0 aromatic carbocycles. The van der Waals surface area contributed by atoms with Crippen molar-refractivity contribution in [2.75, 3.05) is 19.6 Å². The maximum absolute atomic E-state index is 3.70. The summed E-state index contributed by atoms with van der Waals surface area (Å²) in [7, 11) is 0. The van der Waals surface area contributed by atoms with Crippen molar-refractivity contribution in [3.63, 3.8) is 0 Å². The fourth-order valence-corrected chi connectivity index (χ4v) is 4.17. The Labute approximate surface area is 120 Å². The van der Waals surface area contributed by atoms with E-state index in [9.17, 15) is 0 Å². The van der Waals surface area contributed by atoms with Crippen molar-refractivity contribution in [2.45, 2.75) is 77.8 Å². The monoisotopic (exact) mass is 266 g/mol. The Morgan fingerprint density at radius 3 is 2.58 bits per heavy atom. The predicted octanol–water partition coefficient (Wildman–Crippen LogP) is 3.67. The summed E-state index contributed by atoms with van der Waals surface area (Å²) in [4.78, 5) is 2.85. The van der Waals surface area contributed by atoms with Crippen molar-refractivity contribution in [2.24, 2.45) is 11.8 Å². The van der Waals surface area contributed by atoms with E-state index in [0.717, 1.165) is 23.9 Å². The second-order valence-electron chi connectivity index (χ2n) is 7.00. The molecule has 1 heterocycles. The second-order valence-corrected chi connectivity index (χ2v) is 7.00. The zero-order chi connectivity index (χ0) is 13.7. The number of hydrogen-bond acceptors (Lipinski definition) is 2. The van der Waals surface area contributed by atoms with Gasteiger partial charge in [-0.1, -0.05) is 33.6 Å². The SMILES string of the molecule is CCC1CCN(C2CCCCC2C(C)C)CCCN1. The van der Waals surface area contributed by atoms with Gasteiger partial charge < -0.3 is 5.32 Å². The molecule has 112 valence electrons. The van der Waals surface area contributed by atoms with Crippen LogP contribution in [0, 0.1) is 11.8 Å². The van der Waals surface area contributed by atoms with Crippen molar-refractivity contribution in [3.8, 4) is 0 Å². The van der Waals surface area contributed by atoms with E-state index < -0.39 is 0 Å². The zero-order valence-corrected chi connectivity index (χ0v) is 13.3. The Kier molecular flexibility index (Phi) is 6.15. The fraction of sp³-hybridized carbons (Fsp3) is 1.00. The zero-order valence-electron chi connectivity index (χ0n) is 13.3. The summed E-state index contributed by atoms with van der Waals surface area (Å²) >= 11 is 0. The van der Waals surface area contributed by atoms with Crippen LogP contribution in [-0.2, 0) is 0 Å². The average molecular weight is 266 g/mol. The summed E-state index contributed by atoms with van der Waals surface area (Å²) in [5, 5.41) is 3.70. The first-order chi connectivity index (χ1) is 9.22. The molecule has 1 saturated heterocycles. The van der Waals surface area contributed by atoms with Crippen molar-refractivity contribution >= 4 is 0 Å². The molecular formula is C17H34N2. The Bertz CT molecular complexity index is 252. The minimum Gasteiger partial charge on any atom is -0.314 e. The lowest BCUT2D eigenvalue weighted by Gasteiger charge is -2.43. The third-order valence-corrected chi connectivity index (χ3v) is 5.42. The lowest BCUT2D eigenvalue weighted by Crippen LogP contribution is -2.48. The topological polar surface area (TPSA) is 15.3 Å². The van der Waals surface area contributed by atoms with Gasteiger partial charge in [-0.25, -0.2) is 0 Å². The van der Waals surface area contributed by atoms with Crippen LogP contribution >= 0.6 is 0 Å². The quantitative estimate of drug-likeness (QED) is 0.838. The van der Waals surface area contributed by atoms with Gasteiger partial charge in [0.05, 0.1) is 0 Å². The van der Waals surface area contributed by atoms with Crippen LogP contribution in [0.1, 0.15) is 65.7 Å². The van der Waals surface area contributed by atoms with Crippen LogP contribution in [0.25, 0.3) is 0 Å². The van der Waals surface area contributed by atoms with Crippen LogP contribution in [0.5, 0.6) is 0 Å². The summed E-state index contributed by atoms with van der Waals surface area (Å²) in [6.45, 7) is 11.0. The van der Waals surface area contributed by atoms with Crippen molar-refractivity contribution in [1.82, 2.24) is 10.2 Å². The van der Waals surface area contributed by atoms with Crippen molar-refractivity contribution in [3.05, 3.63) is 0 Å². The van der Waals surface area contributed by atoms with E-state index >= 15 is 0 Å². The van der Waals surface area contributed by atoms with Crippen LogP contribution in [-0.4, -0.2) is 36.6 Å². The minimum atomic E-state index is 0.754. The lowest BCUT2D eigenvalue weighted by molar-refractivity contribution is 0.0691. The highest BCUT2D eigenvalue weighted by molar-refractivity contribution is 4.86. The first-order valence-corrected chi connectivity index (χ1v) is 8.69. The van der Waals surface area contributed by atoms with Gasteiger partial charge in [0, 0.05) is 12.1 Å². The molecule has 1 saturated carbocycles. The number of nitrogens with one attached hydrogen (secondary N) is 1. The van der Waals surface area contributed by atoms with Gasteiger partial charge >= 0.3 is 0 Å². The van der Waals surface area contributed by atoms with Crippen LogP contribution in [0.2, 0.25) is 0 Å². The molecule has 0 aromatic heterocycles. The van der Waals surface area contributed by atoms with E-state index in [-0.39, 0.29) is 0 Å². The first-order valence-electron chi connectivity index (χ1n) is 8.69. The molecule has 2 heteroatoms. The molecule has 0 amide bonds. The Morgan fingerprint density at radius 2 is 1.84 bits per heavy atom. The van der Waals surface area contributed by atoms with E-state index in [1.165, 1.54) is 64.6 Å². The van der Waals surface area contributed by atoms with E-state index in [0.29, 0.717) is 0 Å². The normalized spacial score (nSPS) is 35.1. The fourth-order valence-electron chi connectivity index (χ4n) is 4.17. The van der Waals surface area contributed by atoms with Gasteiger partial charge in [-0.3, -0.25) is 4.90 Å². The van der Waals surface area contributed by atoms with E-state index in [2.05, 4.69) is 31.0 Å². The van der Waals surface area contributed by atoms with E-state index in [1.54, 1.807) is 0 Å². The first kappa shape index (κ1) is 15.3. The summed E-state index contributed by atoms with van der Waals surface area (Å²) in [6.07, 6.45) is 9.80. The van der Waals surface area contributed by atoms with Gasteiger partial charge in [-0.05, 0) is 63.6 Å². The molecule has 1 N–H and O–H groups in total. The van der Waals surface area contributed by atoms with Crippen LogP contribution in [0.15, 0.2) is 0 Å². The molecule has 0 radical (unpaired) electrons. The molecule has 3 atom stereocenters. The number of nitrogens with zero attached hydrogens (tertiary/aromatic N) is 1. The number of hydrogen-bond donors (Lipinski definition) is 1. The largest absolute Gasteiger partial charge is 0.314 e. The third kappa shape index (κ3) is 4.19. The summed E-state index contributed by atoms with van der Waals surface area (Å²) in [6, 6.07) is 1.63. The average Bonchev–Trinajstić information content (AvgIpc) is 2.39. The predicted molar refractivity (Wildman–Crippen MR) is 83.5 cm³/mol. The van der Waals surface area contributed by atoms with Gasteiger partial charge in [0.15, 0.2) is 0 Å².